The van der Waals surface area contributed by atoms with Crippen LogP contribution in [-0.2, 0) is 6.42 Å². The van der Waals surface area contributed by atoms with Crippen molar-refractivity contribution in [2.75, 3.05) is 36.1 Å². The standard InChI is InChI=1S/C26H35N5/c1-21-9-3-4-10-22(18-17-21)11-7-19-28-25-15-5-12-23(30-25)13-8-20-29-26-16-6-14-24(27-2)31-26/h3-6,9-10,12,14-16,18,21H,7-8,11,13,17,19-20H2,1-2H3,(H,28,30)(H2,27,29,31). The van der Waals surface area contributed by atoms with Gasteiger partial charge in [0.05, 0.1) is 0 Å². The summed E-state index contributed by atoms with van der Waals surface area (Å²) in [5, 5.41) is 9.92. The second-order valence-electron chi connectivity index (χ2n) is 7.97. The van der Waals surface area contributed by atoms with Crippen LogP contribution in [0, 0.1) is 5.92 Å². The highest BCUT2D eigenvalue weighted by Crippen LogP contribution is 2.16. The summed E-state index contributed by atoms with van der Waals surface area (Å²) in [5.74, 6) is 3.36. The van der Waals surface area contributed by atoms with Gasteiger partial charge in [0, 0.05) is 25.8 Å². The van der Waals surface area contributed by atoms with Gasteiger partial charge in [-0.1, -0.05) is 55.0 Å². The van der Waals surface area contributed by atoms with Crippen molar-refractivity contribution in [3.63, 3.8) is 0 Å². The third-order valence-corrected chi connectivity index (χ3v) is 5.29. The fourth-order valence-corrected chi connectivity index (χ4v) is 3.49. The molecule has 0 radical (unpaired) electrons. The van der Waals surface area contributed by atoms with Gasteiger partial charge in [-0.25, -0.2) is 9.97 Å². The largest absolute Gasteiger partial charge is 0.373 e. The zero-order valence-corrected chi connectivity index (χ0v) is 18.8. The van der Waals surface area contributed by atoms with Crippen LogP contribution in [0.3, 0.4) is 0 Å². The number of anilines is 3. The molecule has 1 aliphatic carbocycles. The van der Waals surface area contributed by atoms with Crippen molar-refractivity contribution in [1.82, 2.24) is 9.97 Å². The molecular weight excluding hydrogens is 382 g/mol. The maximum Gasteiger partial charge on any atom is 0.128 e. The van der Waals surface area contributed by atoms with Gasteiger partial charge in [-0.05, 0) is 62.3 Å². The lowest BCUT2D eigenvalue weighted by Gasteiger charge is -2.10. The molecule has 0 saturated carbocycles. The van der Waals surface area contributed by atoms with Gasteiger partial charge in [0.25, 0.3) is 0 Å². The molecule has 31 heavy (non-hydrogen) atoms. The number of nitrogens with zero attached hydrogens (tertiary/aromatic N) is 2. The summed E-state index contributed by atoms with van der Waals surface area (Å²) in [5.41, 5.74) is 2.55. The van der Waals surface area contributed by atoms with Crippen LogP contribution in [0.15, 0.2) is 72.4 Å². The maximum atomic E-state index is 4.76. The Morgan fingerprint density at radius 1 is 0.871 bits per heavy atom. The van der Waals surface area contributed by atoms with Gasteiger partial charge < -0.3 is 16.0 Å². The monoisotopic (exact) mass is 417 g/mol. The van der Waals surface area contributed by atoms with Crippen molar-refractivity contribution in [3.8, 4) is 0 Å². The number of hydrogen-bond acceptors (Lipinski definition) is 5. The predicted molar refractivity (Wildman–Crippen MR) is 133 cm³/mol. The van der Waals surface area contributed by atoms with Crippen LogP contribution in [0.25, 0.3) is 0 Å². The molecular formula is C26H35N5. The molecule has 2 aromatic heterocycles. The quantitative estimate of drug-likeness (QED) is 0.401. The van der Waals surface area contributed by atoms with Crippen molar-refractivity contribution in [3.05, 3.63) is 78.0 Å². The van der Waals surface area contributed by atoms with E-state index in [4.69, 9.17) is 4.98 Å². The minimum atomic E-state index is 0.620. The van der Waals surface area contributed by atoms with E-state index in [0.717, 1.165) is 68.3 Å². The van der Waals surface area contributed by atoms with Crippen LogP contribution >= 0.6 is 0 Å². The Bertz CT molecular complexity index is 900. The molecule has 0 aromatic carbocycles. The van der Waals surface area contributed by atoms with E-state index in [1.165, 1.54) is 5.57 Å². The van der Waals surface area contributed by atoms with Crippen LogP contribution < -0.4 is 16.0 Å². The van der Waals surface area contributed by atoms with Crippen molar-refractivity contribution < 1.29 is 0 Å². The molecule has 2 heterocycles. The molecule has 0 saturated heterocycles. The topological polar surface area (TPSA) is 61.9 Å². The molecule has 0 bridgehead atoms. The average Bonchev–Trinajstić information content (AvgIpc) is 2.79. The van der Waals surface area contributed by atoms with E-state index in [2.05, 4.69) is 76.4 Å². The first-order valence-corrected chi connectivity index (χ1v) is 11.4. The van der Waals surface area contributed by atoms with Gasteiger partial charge in [0.2, 0.25) is 0 Å². The second kappa shape index (κ2) is 12.6. The van der Waals surface area contributed by atoms with Gasteiger partial charge in [0.1, 0.15) is 17.5 Å². The lowest BCUT2D eigenvalue weighted by Crippen LogP contribution is -2.07. The Morgan fingerprint density at radius 2 is 1.58 bits per heavy atom. The SMILES string of the molecule is CNc1cccc(NCCCc2cccc(NCCCC3=CCC(C)C=CC=C3)n2)n1. The number of allylic oxidation sites excluding steroid dienone is 6. The average molecular weight is 418 g/mol. The Hall–Kier alpha value is -3.08. The second-order valence-corrected chi connectivity index (χ2v) is 7.97. The van der Waals surface area contributed by atoms with Crippen molar-refractivity contribution in [1.29, 1.82) is 0 Å². The van der Waals surface area contributed by atoms with E-state index < -0.39 is 0 Å². The highest BCUT2D eigenvalue weighted by Gasteiger charge is 2.02. The fraction of sp³-hybridized carbons (Fsp3) is 0.385. The molecule has 3 rings (SSSR count). The fourth-order valence-electron chi connectivity index (χ4n) is 3.49. The van der Waals surface area contributed by atoms with E-state index in [0.29, 0.717) is 5.92 Å². The van der Waals surface area contributed by atoms with Crippen LogP contribution in [0.1, 0.15) is 38.3 Å². The van der Waals surface area contributed by atoms with Gasteiger partial charge >= 0.3 is 0 Å². The molecule has 1 unspecified atom stereocenters. The van der Waals surface area contributed by atoms with Crippen molar-refractivity contribution in [2.45, 2.75) is 39.0 Å². The summed E-state index contributed by atoms with van der Waals surface area (Å²) in [7, 11) is 1.88. The molecule has 0 amide bonds. The van der Waals surface area contributed by atoms with Crippen LogP contribution in [0.5, 0.6) is 0 Å². The zero-order chi connectivity index (χ0) is 21.7. The lowest BCUT2D eigenvalue weighted by atomic mass is 10.00. The molecule has 5 nitrogen and oxygen atoms in total. The van der Waals surface area contributed by atoms with E-state index in [1.807, 2.05) is 25.2 Å². The predicted octanol–water partition coefficient (Wildman–Crippen LogP) is 5.83. The minimum absolute atomic E-state index is 0.620. The van der Waals surface area contributed by atoms with E-state index in [1.54, 1.807) is 0 Å². The number of aromatic nitrogens is 2. The minimum Gasteiger partial charge on any atom is -0.373 e. The van der Waals surface area contributed by atoms with Crippen LogP contribution in [-0.4, -0.2) is 30.1 Å². The summed E-state index contributed by atoms with van der Waals surface area (Å²) >= 11 is 0. The van der Waals surface area contributed by atoms with Gasteiger partial charge in [-0.2, -0.15) is 0 Å². The van der Waals surface area contributed by atoms with Gasteiger partial charge in [0.15, 0.2) is 0 Å². The molecule has 164 valence electrons. The Morgan fingerprint density at radius 3 is 2.39 bits per heavy atom. The van der Waals surface area contributed by atoms with Gasteiger partial charge in [-0.3, -0.25) is 0 Å². The summed E-state index contributed by atoms with van der Waals surface area (Å²) < 4.78 is 0. The lowest BCUT2D eigenvalue weighted by molar-refractivity contribution is 0.734. The molecule has 5 heteroatoms. The zero-order valence-electron chi connectivity index (χ0n) is 18.8. The molecule has 0 aliphatic heterocycles. The molecule has 2 aromatic rings. The maximum absolute atomic E-state index is 4.76. The Labute approximate surface area is 186 Å². The Kier molecular flexibility index (Phi) is 9.17. The van der Waals surface area contributed by atoms with E-state index >= 15 is 0 Å². The Balaban J connectivity index is 1.37. The van der Waals surface area contributed by atoms with Crippen LogP contribution in [0.4, 0.5) is 17.5 Å². The first-order valence-electron chi connectivity index (χ1n) is 11.4. The molecule has 1 aliphatic rings. The number of hydrogen-bond donors (Lipinski definition) is 3. The number of aryl methyl sites for hydroxylation is 1. The third-order valence-electron chi connectivity index (χ3n) is 5.29. The summed E-state index contributed by atoms with van der Waals surface area (Å²) in [6, 6.07) is 12.2. The van der Waals surface area contributed by atoms with Crippen molar-refractivity contribution >= 4 is 17.5 Å². The summed E-state index contributed by atoms with van der Waals surface area (Å²) in [4.78, 5) is 9.24. The first kappa shape index (κ1) is 22.6. The summed E-state index contributed by atoms with van der Waals surface area (Å²) in [6.07, 6.45) is 16.5. The number of nitrogens with one attached hydrogen (secondary N) is 3. The normalized spacial score (nSPS) is 15.7. The van der Waals surface area contributed by atoms with E-state index in [9.17, 15) is 0 Å². The highest BCUT2D eigenvalue weighted by atomic mass is 15.0. The molecule has 3 N–H and O–H groups in total. The molecule has 1 atom stereocenters. The van der Waals surface area contributed by atoms with E-state index in [-0.39, 0.29) is 0 Å². The number of pyridine rings is 2. The number of rotatable bonds is 11. The highest BCUT2D eigenvalue weighted by molar-refractivity contribution is 5.44. The van der Waals surface area contributed by atoms with Crippen LogP contribution in [0.2, 0.25) is 0 Å². The van der Waals surface area contributed by atoms with Gasteiger partial charge in [-0.15, -0.1) is 0 Å². The molecule has 0 fully saturated rings. The molecule has 0 spiro atoms. The first-order chi connectivity index (χ1) is 15.2. The smallest absolute Gasteiger partial charge is 0.128 e. The third kappa shape index (κ3) is 8.28. The van der Waals surface area contributed by atoms with Crippen molar-refractivity contribution in [2.24, 2.45) is 5.92 Å². The summed E-state index contributed by atoms with van der Waals surface area (Å²) in [6.45, 7) is 4.07.